The first-order valence-corrected chi connectivity index (χ1v) is 7.06. The predicted octanol–water partition coefficient (Wildman–Crippen LogP) is 2.73. The number of nitrogens with zero attached hydrogens (tertiary/aromatic N) is 1. The molecule has 60 valence electrons. The lowest BCUT2D eigenvalue weighted by atomic mass is 10.7. The molecular formula is C9H15NSi. The number of hydrogen-bond acceptors (Lipinski definition) is 0. The third kappa shape index (κ3) is 1.83. The van der Waals surface area contributed by atoms with Gasteiger partial charge in [-0.2, -0.15) is 0 Å². The fourth-order valence-electron chi connectivity index (χ4n) is 1.20. The summed E-state index contributed by atoms with van der Waals surface area (Å²) in [5.74, 6) is 0. The molecule has 1 heterocycles. The van der Waals surface area contributed by atoms with Gasteiger partial charge >= 0.3 is 0 Å². The van der Waals surface area contributed by atoms with Crippen LogP contribution in [0.25, 0.3) is 0 Å². The van der Waals surface area contributed by atoms with Crippen LogP contribution in [0.4, 0.5) is 0 Å². The van der Waals surface area contributed by atoms with Crippen molar-refractivity contribution in [3.63, 3.8) is 0 Å². The van der Waals surface area contributed by atoms with Gasteiger partial charge < -0.3 is 4.23 Å². The topological polar surface area (TPSA) is 4.93 Å². The lowest BCUT2D eigenvalue weighted by Crippen LogP contribution is -2.34. The highest BCUT2D eigenvalue weighted by molar-refractivity contribution is 6.76. The minimum atomic E-state index is -1.23. The van der Waals surface area contributed by atoms with E-state index in [9.17, 15) is 0 Å². The molecular weight excluding hydrogens is 150 g/mol. The second kappa shape index (κ2) is 3.09. The van der Waals surface area contributed by atoms with E-state index < -0.39 is 8.24 Å². The van der Waals surface area contributed by atoms with Gasteiger partial charge in [0.05, 0.1) is 0 Å². The van der Waals surface area contributed by atoms with Crippen LogP contribution in [0.2, 0.25) is 19.1 Å². The van der Waals surface area contributed by atoms with Crippen molar-refractivity contribution >= 4 is 8.24 Å². The van der Waals surface area contributed by atoms with E-state index in [2.05, 4.69) is 48.4 Å². The van der Waals surface area contributed by atoms with E-state index in [1.807, 2.05) is 6.08 Å². The Hall–Kier alpha value is -0.763. The smallest absolute Gasteiger partial charge is 0.158 e. The molecule has 0 spiro atoms. The molecule has 2 heteroatoms. The molecule has 0 N–H and O–H groups in total. The van der Waals surface area contributed by atoms with Crippen molar-refractivity contribution in [3.8, 4) is 0 Å². The van der Waals surface area contributed by atoms with Crippen LogP contribution in [0.1, 0.15) is 0 Å². The largest absolute Gasteiger partial charge is 0.380 e. The maximum absolute atomic E-state index is 3.78. The van der Waals surface area contributed by atoms with Gasteiger partial charge in [0.2, 0.25) is 0 Å². The van der Waals surface area contributed by atoms with Crippen molar-refractivity contribution in [1.82, 2.24) is 4.23 Å². The zero-order chi connectivity index (χ0) is 8.32. The molecule has 0 amide bonds. The zero-order valence-corrected chi connectivity index (χ0v) is 8.25. The van der Waals surface area contributed by atoms with Gasteiger partial charge in [-0.05, 0) is 30.6 Å². The normalized spacial score (nSPS) is 11.5. The van der Waals surface area contributed by atoms with Crippen LogP contribution in [0, 0.1) is 0 Å². The summed E-state index contributed by atoms with van der Waals surface area (Å²) in [6.07, 6.45) is 6.32. The van der Waals surface area contributed by atoms with E-state index in [0.717, 1.165) is 6.04 Å². The molecule has 1 aromatic heterocycles. The molecule has 0 saturated heterocycles. The van der Waals surface area contributed by atoms with Crippen molar-refractivity contribution < 1.29 is 0 Å². The summed E-state index contributed by atoms with van der Waals surface area (Å²) in [7, 11) is -1.23. The average molecular weight is 165 g/mol. The summed E-state index contributed by atoms with van der Waals surface area (Å²) < 4.78 is 2.34. The van der Waals surface area contributed by atoms with Crippen molar-refractivity contribution in [2.75, 3.05) is 0 Å². The highest BCUT2D eigenvalue weighted by Gasteiger charge is 2.19. The number of allylic oxidation sites excluding steroid dienone is 1. The molecule has 0 aliphatic rings. The second-order valence-electron chi connectivity index (χ2n) is 3.40. The Morgan fingerprint density at radius 3 is 2.36 bits per heavy atom. The Morgan fingerprint density at radius 2 is 1.91 bits per heavy atom. The van der Waals surface area contributed by atoms with Crippen LogP contribution >= 0.6 is 0 Å². The van der Waals surface area contributed by atoms with Gasteiger partial charge in [-0.25, -0.2) is 0 Å². The van der Waals surface area contributed by atoms with E-state index in [1.54, 1.807) is 0 Å². The van der Waals surface area contributed by atoms with Crippen LogP contribution in [-0.2, 0) is 0 Å². The molecule has 0 atom stereocenters. The Kier molecular flexibility index (Phi) is 2.34. The second-order valence-corrected chi connectivity index (χ2v) is 7.95. The predicted molar refractivity (Wildman–Crippen MR) is 52.3 cm³/mol. The first-order chi connectivity index (χ1) is 5.17. The summed E-state index contributed by atoms with van der Waals surface area (Å²) in [6, 6.07) is 5.30. The fraction of sp³-hybridized carbons (Fsp3) is 0.333. The standard InChI is InChI=1S/C9H15NSi/c1-4-9-11(2,3)10-7-5-6-8-10/h4-8H,1,9H2,2-3H3. The molecule has 0 aliphatic heterocycles. The number of aromatic nitrogens is 1. The van der Waals surface area contributed by atoms with Crippen LogP contribution in [0.3, 0.4) is 0 Å². The van der Waals surface area contributed by atoms with Gasteiger partial charge in [0, 0.05) is 0 Å². The van der Waals surface area contributed by atoms with Crippen molar-refractivity contribution in [3.05, 3.63) is 37.2 Å². The monoisotopic (exact) mass is 165 g/mol. The molecule has 0 fully saturated rings. The summed E-state index contributed by atoms with van der Waals surface area (Å²) >= 11 is 0. The maximum atomic E-state index is 3.78. The van der Waals surface area contributed by atoms with Crippen molar-refractivity contribution in [2.45, 2.75) is 19.1 Å². The molecule has 0 aromatic carbocycles. The van der Waals surface area contributed by atoms with Gasteiger partial charge in [0.15, 0.2) is 8.24 Å². The van der Waals surface area contributed by atoms with E-state index >= 15 is 0 Å². The van der Waals surface area contributed by atoms with E-state index in [1.165, 1.54) is 0 Å². The van der Waals surface area contributed by atoms with Gasteiger partial charge in [-0.1, -0.05) is 19.2 Å². The van der Waals surface area contributed by atoms with E-state index in [4.69, 9.17) is 0 Å². The zero-order valence-electron chi connectivity index (χ0n) is 7.25. The highest BCUT2D eigenvalue weighted by atomic mass is 28.3. The van der Waals surface area contributed by atoms with Crippen LogP contribution in [0.5, 0.6) is 0 Å². The minimum Gasteiger partial charge on any atom is -0.380 e. The quantitative estimate of drug-likeness (QED) is 0.479. The summed E-state index contributed by atoms with van der Waals surface area (Å²) in [6.45, 7) is 8.46. The number of hydrogen-bond donors (Lipinski definition) is 0. The molecule has 1 aromatic rings. The maximum Gasteiger partial charge on any atom is 0.158 e. The molecule has 0 aliphatic carbocycles. The van der Waals surface area contributed by atoms with Gasteiger partial charge in [0.25, 0.3) is 0 Å². The first kappa shape index (κ1) is 8.33. The first-order valence-electron chi connectivity index (χ1n) is 3.91. The Labute approximate surface area is 69.4 Å². The van der Waals surface area contributed by atoms with E-state index in [0.29, 0.717) is 0 Å². The molecule has 1 rings (SSSR count). The third-order valence-corrected chi connectivity index (χ3v) is 4.93. The minimum absolute atomic E-state index is 1.14. The lowest BCUT2D eigenvalue weighted by Gasteiger charge is -2.22. The Bertz CT molecular complexity index is 224. The van der Waals surface area contributed by atoms with Gasteiger partial charge in [0.1, 0.15) is 0 Å². The van der Waals surface area contributed by atoms with Crippen LogP contribution < -0.4 is 0 Å². The molecule has 1 nitrogen and oxygen atoms in total. The molecule has 0 radical (unpaired) electrons. The van der Waals surface area contributed by atoms with Gasteiger partial charge in [-0.3, -0.25) is 0 Å². The molecule has 0 saturated carbocycles. The Balaban J connectivity index is 2.81. The van der Waals surface area contributed by atoms with Crippen molar-refractivity contribution in [1.29, 1.82) is 0 Å². The fourth-order valence-corrected chi connectivity index (χ4v) is 3.09. The molecule has 0 bridgehead atoms. The Morgan fingerprint density at radius 1 is 1.36 bits per heavy atom. The summed E-state index contributed by atoms with van der Waals surface area (Å²) in [4.78, 5) is 0. The summed E-state index contributed by atoms with van der Waals surface area (Å²) in [5.41, 5.74) is 0. The molecule has 11 heavy (non-hydrogen) atoms. The SMILES string of the molecule is C=CC[Si](C)(C)n1cccc1. The summed E-state index contributed by atoms with van der Waals surface area (Å²) in [5, 5.41) is 0. The third-order valence-electron chi connectivity index (χ3n) is 1.95. The van der Waals surface area contributed by atoms with Crippen LogP contribution in [-0.4, -0.2) is 12.5 Å². The van der Waals surface area contributed by atoms with Crippen LogP contribution in [0.15, 0.2) is 37.2 Å². The van der Waals surface area contributed by atoms with Crippen molar-refractivity contribution in [2.24, 2.45) is 0 Å². The van der Waals surface area contributed by atoms with Gasteiger partial charge in [-0.15, -0.1) is 6.58 Å². The lowest BCUT2D eigenvalue weighted by molar-refractivity contribution is 1.13. The van der Waals surface area contributed by atoms with E-state index in [-0.39, 0.29) is 0 Å². The average Bonchev–Trinajstić information content (AvgIpc) is 2.37. The molecule has 0 unspecified atom stereocenters. The number of rotatable bonds is 3. The highest BCUT2D eigenvalue weighted by Crippen LogP contribution is 2.12.